The zero-order valence-corrected chi connectivity index (χ0v) is 14.5. The van der Waals surface area contributed by atoms with Crippen LogP contribution in [0.4, 0.5) is 10.1 Å². The van der Waals surface area contributed by atoms with E-state index in [1.807, 2.05) is 6.08 Å². The number of amides is 2. The molecule has 2 amide bonds. The Labute approximate surface area is 155 Å². The van der Waals surface area contributed by atoms with E-state index in [9.17, 15) is 28.7 Å². The quantitative estimate of drug-likeness (QED) is 0.490. The smallest absolute Gasteiger partial charge is 0.326 e. The molecule has 3 rings (SSSR count). The van der Waals surface area contributed by atoms with E-state index in [-0.39, 0.29) is 24.4 Å². The van der Waals surface area contributed by atoms with E-state index in [1.165, 1.54) is 17.0 Å². The van der Waals surface area contributed by atoms with E-state index in [1.54, 1.807) is 6.08 Å². The van der Waals surface area contributed by atoms with Gasteiger partial charge in [-0.1, -0.05) is 12.2 Å². The Bertz CT molecular complexity index is 792. The van der Waals surface area contributed by atoms with E-state index in [0.717, 1.165) is 17.0 Å². The summed E-state index contributed by atoms with van der Waals surface area (Å²) in [6.45, 7) is 0. The molecule has 8 heteroatoms. The molecule has 0 aliphatic carbocycles. The Morgan fingerprint density at radius 3 is 2.44 bits per heavy atom. The van der Waals surface area contributed by atoms with E-state index < -0.39 is 35.7 Å². The molecule has 2 heterocycles. The van der Waals surface area contributed by atoms with Crippen molar-refractivity contribution < 1.29 is 28.7 Å². The second-order valence-electron chi connectivity index (χ2n) is 6.59. The predicted molar refractivity (Wildman–Crippen MR) is 93.4 cm³/mol. The van der Waals surface area contributed by atoms with Gasteiger partial charge in [-0.3, -0.25) is 19.3 Å². The van der Waals surface area contributed by atoms with E-state index in [0.29, 0.717) is 19.3 Å². The van der Waals surface area contributed by atoms with Crippen LogP contribution in [0.3, 0.4) is 0 Å². The summed E-state index contributed by atoms with van der Waals surface area (Å²) in [5.41, 5.74) is 0.198. The third-order valence-electron chi connectivity index (χ3n) is 5.02. The van der Waals surface area contributed by atoms with Crippen LogP contribution in [-0.4, -0.2) is 52.2 Å². The fraction of sp³-hybridized carbons (Fsp3) is 0.368. The number of fused-ring (bicyclic) bond motifs is 1. The fourth-order valence-electron chi connectivity index (χ4n) is 3.78. The van der Waals surface area contributed by atoms with Gasteiger partial charge in [0, 0.05) is 11.7 Å². The Hall–Kier alpha value is -3.03. The Morgan fingerprint density at radius 2 is 1.81 bits per heavy atom. The number of carboxylic acids is 1. The highest BCUT2D eigenvalue weighted by molar-refractivity contribution is 6.31. The monoisotopic (exact) mass is 374 g/mol. The number of aldehydes is 1. The molecule has 0 radical (unpaired) electrons. The first-order valence-electron chi connectivity index (χ1n) is 8.68. The van der Waals surface area contributed by atoms with Gasteiger partial charge in [-0.25, -0.2) is 9.18 Å². The minimum Gasteiger partial charge on any atom is -0.480 e. The molecule has 0 bridgehead atoms. The number of rotatable bonds is 4. The third-order valence-corrected chi connectivity index (χ3v) is 5.02. The molecule has 0 aromatic heterocycles. The van der Waals surface area contributed by atoms with Gasteiger partial charge < -0.3 is 10.0 Å². The average molecular weight is 374 g/mol. The number of carboxylic acid groups (broad SMARTS) is 1. The molecule has 27 heavy (non-hydrogen) atoms. The van der Waals surface area contributed by atoms with E-state index >= 15 is 0 Å². The molecular weight excluding hydrogens is 355 g/mol. The summed E-state index contributed by atoms with van der Waals surface area (Å²) >= 11 is 0. The van der Waals surface area contributed by atoms with Crippen molar-refractivity contribution in [1.82, 2.24) is 4.90 Å². The number of halogens is 1. The maximum absolute atomic E-state index is 13.3. The van der Waals surface area contributed by atoms with Crippen molar-refractivity contribution in [2.24, 2.45) is 0 Å². The van der Waals surface area contributed by atoms with Crippen LogP contribution >= 0.6 is 0 Å². The molecule has 1 fully saturated rings. The molecule has 0 saturated carbocycles. The van der Waals surface area contributed by atoms with Crippen LogP contribution in [0.2, 0.25) is 0 Å². The lowest BCUT2D eigenvalue weighted by Crippen LogP contribution is -2.56. The van der Waals surface area contributed by atoms with Gasteiger partial charge in [-0.2, -0.15) is 0 Å². The summed E-state index contributed by atoms with van der Waals surface area (Å²) in [5.74, 6) is -3.08. The lowest BCUT2D eigenvalue weighted by molar-refractivity contribution is -0.150. The molecule has 7 nitrogen and oxygen atoms in total. The molecule has 2 aliphatic rings. The summed E-state index contributed by atoms with van der Waals surface area (Å²) in [5, 5.41) is 9.47. The normalized spacial score (nSPS) is 24.7. The largest absolute Gasteiger partial charge is 0.480 e. The first-order valence-corrected chi connectivity index (χ1v) is 8.68. The van der Waals surface area contributed by atoms with Gasteiger partial charge in [0.1, 0.15) is 17.9 Å². The van der Waals surface area contributed by atoms with Crippen LogP contribution < -0.4 is 4.90 Å². The molecular formula is C19H19FN2O5. The second kappa shape index (κ2) is 7.69. The molecule has 1 aromatic carbocycles. The average Bonchev–Trinajstić information content (AvgIpc) is 3.06. The molecule has 1 N–H and O–H groups in total. The number of hydrogen-bond donors (Lipinski definition) is 1. The standard InChI is InChI=1S/C19H19FN2O5/c20-12-5-7-14(8-6-12)21(17(24)11-23)15-4-2-1-3-13-9-10-16(19(26)27)22(13)18(15)25/h1-2,5-8,11,13,15-16H,3-4,9-10H2,(H,26,27)/t13-,15+,16+/m1/s1. The van der Waals surface area contributed by atoms with Crippen molar-refractivity contribution in [3.8, 4) is 0 Å². The van der Waals surface area contributed by atoms with Crippen molar-refractivity contribution >= 4 is 29.8 Å². The number of aliphatic carboxylic acids is 1. The minimum absolute atomic E-state index is 0.0925. The topological polar surface area (TPSA) is 95.0 Å². The van der Waals surface area contributed by atoms with Crippen LogP contribution in [-0.2, 0) is 19.2 Å². The lowest BCUT2D eigenvalue weighted by Gasteiger charge is -2.37. The van der Waals surface area contributed by atoms with Crippen LogP contribution in [0.5, 0.6) is 0 Å². The second-order valence-corrected chi connectivity index (χ2v) is 6.59. The van der Waals surface area contributed by atoms with Crippen LogP contribution in [0.25, 0.3) is 0 Å². The Balaban J connectivity index is 2.03. The number of carbonyl (C=O) groups is 4. The molecule has 2 aliphatic heterocycles. The molecule has 0 unspecified atom stereocenters. The molecule has 0 spiro atoms. The summed E-state index contributed by atoms with van der Waals surface area (Å²) in [4.78, 5) is 50.7. The third kappa shape index (κ3) is 3.60. The van der Waals surface area contributed by atoms with E-state index in [4.69, 9.17) is 0 Å². The molecule has 142 valence electrons. The molecule has 1 aromatic rings. The van der Waals surface area contributed by atoms with Gasteiger partial charge in [-0.05, 0) is 49.9 Å². The zero-order valence-electron chi connectivity index (χ0n) is 14.5. The van der Waals surface area contributed by atoms with Gasteiger partial charge in [-0.15, -0.1) is 0 Å². The Morgan fingerprint density at radius 1 is 1.15 bits per heavy atom. The molecule has 3 atom stereocenters. The highest BCUT2D eigenvalue weighted by Gasteiger charge is 2.45. The summed E-state index contributed by atoms with van der Waals surface area (Å²) in [7, 11) is 0. The number of anilines is 1. The van der Waals surface area contributed by atoms with Gasteiger partial charge >= 0.3 is 5.97 Å². The zero-order chi connectivity index (χ0) is 19.6. The van der Waals surface area contributed by atoms with Crippen LogP contribution in [0, 0.1) is 5.82 Å². The van der Waals surface area contributed by atoms with Gasteiger partial charge in [0.25, 0.3) is 5.91 Å². The van der Waals surface area contributed by atoms with Crippen molar-refractivity contribution in [1.29, 1.82) is 0 Å². The Kier molecular flexibility index (Phi) is 5.34. The SMILES string of the molecule is O=CC(=O)N(c1ccc(F)cc1)[C@H]1CC=CC[C@@H]2CC[C@@H](C(=O)O)N2C1=O. The number of nitrogens with zero attached hydrogens (tertiary/aromatic N) is 2. The first kappa shape index (κ1) is 18.8. The number of hydrogen-bond acceptors (Lipinski definition) is 4. The minimum atomic E-state index is -1.09. The van der Waals surface area contributed by atoms with Crippen LogP contribution in [0.15, 0.2) is 36.4 Å². The van der Waals surface area contributed by atoms with Gasteiger partial charge in [0.2, 0.25) is 12.2 Å². The highest BCUT2D eigenvalue weighted by atomic mass is 19.1. The highest BCUT2D eigenvalue weighted by Crippen LogP contribution is 2.32. The maximum atomic E-state index is 13.3. The fourth-order valence-corrected chi connectivity index (χ4v) is 3.78. The lowest BCUT2D eigenvalue weighted by atomic mass is 10.0. The van der Waals surface area contributed by atoms with E-state index in [2.05, 4.69) is 0 Å². The number of benzene rings is 1. The van der Waals surface area contributed by atoms with Crippen molar-refractivity contribution in [2.45, 2.75) is 43.8 Å². The van der Waals surface area contributed by atoms with Gasteiger partial charge in [0.05, 0.1) is 0 Å². The maximum Gasteiger partial charge on any atom is 0.326 e. The summed E-state index contributed by atoms with van der Waals surface area (Å²) in [6.07, 6.45) is 5.27. The summed E-state index contributed by atoms with van der Waals surface area (Å²) in [6, 6.07) is 2.57. The van der Waals surface area contributed by atoms with Crippen molar-refractivity contribution in [3.63, 3.8) is 0 Å². The van der Waals surface area contributed by atoms with Crippen LogP contribution in [0.1, 0.15) is 25.7 Å². The summed E-state index contributed by atoms with van der Waals surface area (Å²) < 4.78 is 13.3. The molecule has 1 saturated heterocycles. The first-order chi connectivity index (χ1) is 12.9. The predicted octanol–water partition coefficient (Wildman–Crippen LogP) is 1.52. The van der Waals surface area contributed by atoms with Crippen molar-refractivity contribution in [2.75, 3.05) is 4.90 Å². The number of carbonyl (C=O) groups excluding carboxylic acids is 3. The van der Waals surface area contributed by atoms with Gasteiger partial charge in [0.15, 0.2) is 0 Å². The van der Waals surface area contributed by atoms with Crippen molar-refractivity contribution in [3.05, 3.63) is 42.2 Å².